The molecule has 140 valence electrons. The fourth-order valence-corrected chi connectivity index (χ4v) is 3.20. The molecule has 3 rings (SSSR count). The molecule has 0 aliphatic heterocycles. The summed E-state index contributed by atoms with van der Waals surface area (Å²) in [6.07, 6.45) is 1.94. The number of allylic oxidation sites excluding steroid dienone is 1. The number of aromatic nitrogens is 3. The maximum Gasteiger partial charge on any atom is 0.338 e. The van der Waals surface area contributed by atoms with E-state index in [-0.39, 0.29) is 10.5 Å². The predicted octanol–water partition coefficient (Wildman–Crippen LogP) is 3.16. The van der Waals surface area contributed by atoms with Gasteiger partial charge in [0.1, 0.15) is 11.5 Å². The monoisotopic (exact) mass is 386 g/mol. The molecule has 0 amide bonds. The highest BCUT2D eigenvalue weighted by atomic mass is 32.2. The summed E-state index contributed by atoms with van der Waals surface area (Å²) in [6.45, 7) is 6.74. The summed E-state index contributed by atoms with van der Waals surface area (Å²) < 4.78 is 26.5. The Kier molecular flexibility index (Phi) is 4.71. The number of carbonyl (C=O) groups is 1. The summed E-state index contributed by atoms with van der Waals surface area (Å²) in [5, 5.41) is 9.84. The molecule has 8 nitrogen and oxygen atoms in total. The van der Waals surface area contributed by atoms with Crippen LogP contribution < -0.4 is 4.72 Å². The average molecular weight is 386 g/mol. The average Bonchev–Trinajstić information content (AvgIpc) is 3.04. The Morgan fingerprint density at radius 3 is 2.70 bits per heavy atom. The summed E-state index contributed by atoms with van der Waals surface area (Å²) in [6, 6.07) is 6.59. The van der Waals surface area contributed by atoms with Crippen LogP contribution in [0.25, 0.3) is 22.3 Å². The van der Waals surface area contributed by atoms with Gasteiger partial charge in [-0.05, 0) is 19.1 Å². The van der Waals surface area contributed by atoms with Crippen molar-refractivity contribution >= 4 is 32.7 Å². The van der Waals surface area contributed by atoms with Gasteiger partial charge in [0.2, 0.25) is 0 Å². The molecule has 0 atom stereocenters. The minimum atomic E-state index is -3.69. The van der Waals surface area contributed by atoms with Gasteiger partial charge in [-0.2, -0.15) is 0 Å². The van der Waals surface area contributed by atoms with E-state index in [4.69, 9.17) is 0 Å². The third-order valence-electron chi connectivity index (χ3n) is 3.97. The van der Waals surface area contributed by atoms with Crippen molar-refractivity contribution in [1.29, 1.82) is 0 Å². The van der Waals surface area contributed by atoms with Crippen LogP contribution in [0.5, 0.6) is 0 Å². The van der Waals surface area contributed by atoms with E-state index in [1.807, 2.05) is 6.92 Å². The lowest BCUT2D eigenvalue weighted by Gasteiger charge is -2.10. The number of aromatic amines is 1. The lowest BCUT2D eigenvalue weighted by Crippen LogP contribution is -2.12. The number of hydrogen-bond donors (Lipinski definition) is 3. The number of sulfonamides is 1. The molecule has 0 radical (unpaired) electrons. The van der Waals surface area contributed by atoms with Gasteiger partial charge in [0.15, 0.2) is 0 Å². The second kappa shape index (κ2) is 6.84. The summed E-state index contributed by atoms with van der Waals surface area (Å²) in [5.41, 5.74) is 1.79. The first-order valence-corrected chi connectivity index (χ1v) is 9.61. The second-order valence-corrected chi connectivity index (χ2v) is 7.87. The fourth-order valence-electron chi connectivity index (χ4n) is 2.59. The van der Waals surface area contributed by atoms with Crippen molar-refractivity contribution in [3.05, 3.63) is 53.3 Å². The van der Waals surface area contributed by atoms with Crippen LogP contribution in [0.1, 0.15) is 30.0 Å². The van der Waals surface area contributed by atoms with Gasteiger partial charge in [-0.3, -0.25) is 4.72 Å². The molecule has 2 heterocycles. The van der Waals surface area contributed by atoms with Crippen LogP contribution >= 0.6 is 0 Å². The second-order valence-electron chi connectivity index (χ2n) is 5.96. The van der Waals surface area contributed by atoms with Crippen molar-refractivity contribution in [2.45, 2.75) is 20.3 Å². The van der Waals surface area contributed by atoms with Gasteiger partial charge in [-0.25, -0.2) is 23.2 Å². The highest BCUT2D eigenvalue weighted by Gasteiger charge is 2.19. The van der Waals surface area contributed by atoms with Crippen molar-refractivity contribution in [2.24, 2.45) is 0 Å². The molecule has 0 saturated heterocycles. The minimum Gasteiger partial charge on any atom is -0.478 e. The molecule has 0 aliphatic carbocycles. The summed E-state index contributed by atoms with van der Waals surface area (Å²) in [5.74, 6) is -0.557. The van der Waals surface area contributed by atoms with Crippen molar-refractivity contribution < 1.29 is 18.3 Å². The third kappa shape index (κ3) is 3.54. The Balaban J connectivity index is 2.20. The number of rotatable bonds is 6. The molecule has 27 heavy (non-hydrogen) atoms. The van der Waals surface area contributed by atoms with Crippen LogP contribution in [-0.2, 0) is 16.4 Å². The van der Waals surface area contributed by atoms with E-state index < -0.39 is 16.0 Å². The van der Waals surface area contributed by atoms with Crippen LogP contribution in [-0.4, -0.2) is 34.4 Å². The molecule has 0 bridgehead atoms. The molecule has 1 aromatic carbocycles. The Labute approximate surface area is 156 Å². The van der Waals surface area contributed by atoms with E-state index in [2.05, 4.69) is 26.3 Å². The van der Waals surface area contributed by atoms with E-state index in [0.717, 1.165) is 0 Å². The maximum absolute atomic E-state index is 12.0. The third-order valence-corrected chi connectivity index (χ3v) is 5.39. The first-order valence-electron chi connectivity index (χ1n) is 8.13. The number of carboxylic acids is 1. The van der Waals surface area contributed by atoms with E-state index in [0.29, 0.717) is 40.2 Å². The molecule has 0 aliphatic rings. The number of hydrogen-bond acceptors (Lipinski definition) is 5. The first-order chi connectivity index (χ1) is 12.7. The van der Waals surface area contributed by atoms with Crippen molar-refractivity contribution in [3.8, 4) is 11.3 Å². The summed E-state index contributed by atoms with van der Waals surface area (Å²) in [7, 11) is -3.69. The molecule has 3 N–H and O–H groups in total. The highest BCUT2D eigenvalue weighted by Crippen LogP contribution is 2.31. The smallest absolute Gasteiger partial charge is 0.338 e. The quantitative estimate of drug-likeness (QED) is 0.597. The van der Waals surface area contributed by atoms with Crippen LogP contribution in [0, 0.1) is 0 Å². The van der Waals surface area contributed by atoms with Gasteiger partial charge in [0.25, 0.3) is 10.0 Å². The van der Waals surface area contributed by atoms with Crippen molar-refractivity contribution in [2.75, 3.05) is 4.72 Å². The standard InChI is InChI=1S/C18H18N4O4S/c1-4-14-20-16(15-13(18(23)24)9-19-17(15)21-14)11-6-5-7-12(8-11)22-27(25,26)10(2)3/h5-9,22H,2,4H2,1,3H3,(H,23,24)(H,19,20,21). The SMILES string of the molecule is C=C(C)S(=O)(=O)Nc1cccc(-c2nc(CC)nc3[nH]cc(C(=O)O)c23)c1. The van der Waals surface area contributed by atoms with Crippen LogP contribution in [0.15, 0.2) is 41.9 Å². The number of nitrogens with one attached hydrogen (secondary N) is 2. The lowest BCUT2D eigenvalue weighted by atomic mass is 10.1. The number of nitrogens with zero attached hydrogens (tertiary/aromatic N) is 2. The molecule has 2 aromatic heterocycles. The Morgan fingerprint density at radius 2 is 2.07 bits per heavy atom. The van der Waals surface area contributed by atoms with E-state index in [1.165, 1.54) is 13.1 Å². The number of aryl methyl sites for hydroxylation is 1. The van der Waals surface area contributed by atoms with Gasteiger partial charge in [0.05, 0.1) is 21.5 Å². The van der Waals surface area contributed by atoms with Gasteiger partial charge in [0, 0.05) is 23.9 Å². The Bertz CT molecular complexity index is 1170. The molecule has 0 saturated carbocycles. The fraction of sp³-hybridized carbons (Fsp3) is 0.167. The molecule has 0 fully saturated rings. The Morgan fingerprint density at radius 1 is 1.33 bits per heavy atom. The Hall–Kier alpha value is -3.20. The zero-order valence-corrected chi connectivity index (χ0v) is 15.6. The summed E-state index contributed by atoms with van der Waals surface area (Å²) in [4.78, 5) is 23.2. The number of benzene rings is 1. The number of carboxylic acid groups (broad SMARTS) is 1. The van der Waals surface area contributed by atoms with Crippen LogP contribution in [0.4, 0.5) is 5.69 Å². The number of aromatic carboxylic acids is 1. The minimum absolute atomic E-state index is 0.00982. The predicted molar refractivity (Wildman–Crippen MR) is 103 cm³/mol. The number of anilines is 1. The van der Waals surface area contributed by atoms with Crippen LogP contribution in [0.2, 0.25) is 0 Å². The maximum atomic E-state index is 12.0. The number of fused-ring (bicyclic) bond motifs is 1. The van der Waals surface area contributed by atoms with Gasteiger partial charge in [-0.1, -0.05) is 25.6 Å². The van der Waals surface area contributed by atoms with Crippen LogP contribution in [0.3, 0.4) is 0 Å². The van der Waals surface area contributed by atoms with E-state index in [9.17, 15) is 18.3 Å². The number of H-pyrrole nitrogens is 1. The molecule has 0 unspecified atom stereocenters. The normalized spacial score (nSPS) is 11.5. The highest BCUT2D eigenvalue weighted by molar-refractivity contribution is 7.96. The van der Waals surface area contributed by atoms with Crippen molar-refractivity contribution in [1.82, 2.24) is 15.0 Å². The largest absolute Gasteiger partial charge is 0.478 e. The molecular formula is C18H18N4O4S. The zero-order chi connectivity index (χ0) is 19.8. The molecular weight excluding hydrogens is 368 g/mol. The first kappa shape index (κ1) is 18.6. The van der Waals surface area contributed by atoms with Gasteiger partial charge in [-0.15, -0.1) is 0 Å². The van der Waals surface area contributed by atoms with Gasteiger partial charge >= 0.3 is 5.97 Å². The molecule has 3 aromatic rings. The molecule has 0 spiro atoms. The lowest BCUT2D eigenvalue weighted by molar-refractivity contribution is 0.0699. The molecule has 9 heteroatoms. The van der Waals surface area contributed by atoms with E-state index >= 15 is 0 Å². The topological polar surface area (TPSA) is 125 Å². The van der Waals surface area contributed by atoms with E-state index in [1.54, 1.807) is 24.3 Å². The zero-order valence-electron chi connectivity index (χ0n) is 14.8. The summed E-state index contributed by atoms with van der Waals surface area (Å²) >= 11 is 0. The van der Waals surface area contributed by atoms with Crippen molar-refractivity contribution in [3.63, 3.8) is 0 Å². The van der Waals surface area contributed by atoms with Gasteiger partial charge < -0.3 is 10.1 Å².